The number of hydrogen-bond donors (Lipinski definition) is 1. The topological polar surface area (TPSA) is 34.1 Å². The summed E-state index contributed by atoms with van der Waals surface area (Å²) in [6, 6.07) is 7.08. The molecule has 1 aromatic rings. The van der Waals surface area contributed by atoms with E-state index in [0.717, 1.165) is 44.2 Å². The Hall–Kier alpha value is -1.66. The van der Waals surface area contributed by atoms with E-state index in [2.05, 4.69) is 39.0 Å². The van der Waals surface area contributed by atoms with E-state index in [1.165, 1.54) is 12.1 Å². The predicted octanol–water partition coefficient (Wildman–Crippen LogP) is 1.47. The fourth-order valence-electron chi connectivity index (χ4n) is 2.95. The first kappa shape index (κ1) is 18.7. The van der Waals surface area contributed by atoms with Crippen LogP contribution in [0.4, 0.5) is 4.39 Å². The molecule has 1 aliphatic rings. The second-order valence-corrected chi connectivity index (χ2v) is 6.60. The van der Waals surface area contributed by atoms with Crippen molar-refractivity contribution in [3.63, 3.8) is 0 Å². The lowest BCUT2D eigenvalue weighted by Crippen LogP contribution is -2.52. The summed E-state index contributed by atoms with van der Waals surface area (Å²) in [7, 11) is 5.97. The van der Waals surface area contributed by atoms with Gasteiger partial charge in [0.1, 0.15) is 5.82 Å². The fraction of sp³-hybridized carbons (Fsp3) is 0.611. The first-order valence-corrected chi connectivity index (χ1v) is 8.58. The molecule has 134 valence electrons. The number of piperazine rings is 1. The molecule has 0 spiro atoms. The standard InChI is InChI=1S/C18H30FN5/c1-15(24-11-9-22(3)10-12-24)13-21-18(20-2)23(4)14-16-5-7-17(19)8-6-16/h5-8,15H,9-14H2,1-4H3,(H,20,21). The number of likely N-dealkylation sites (N-methyl/N-ethyl adjacent to an activating group) is 1. The van der Waals surface area contributed by atoms with Crippen molar-refractivity contribution in [2.75, 3.05) is 53.9 Å². The summed E-state index contributed by atoms with van der Waals surface area (Å²) in [6.45, 7) is 8.30. The quantitative estimate of drug-likeness (QED) is 0.653. The zero-order chi connectivity index (χ0) is 17.5. The van der Waals surface area contributed by atoms with Crippen LogP contribution in [0.25, 0.3) is 0 Å². The van der Waals surface area contributed by atoms with E-state index in [1.807, 2.05) is 19.2 Å². The van der Waals surface area contributed by atoms with E-state index in [-0.39, 0.29) is 5.82 Å². The van der Waals surface area contributed by atoms with Crippen molar-refractivity contribution in [3.8, 4) is 0 Å². The molecule has 6 heteroatoms. The molecule has 5 nitrogen and oxygen atoms in total. The highest BCUT2D eigenvalue weighted by molar-refractivity contribution is 5.79. The summed E-state index contributed by atoms with van der Waals surface area (Å²) in [5.74, 6) is 0.658. The molecule has 1 N–H and O–H groups in total. The first-order valence-electron chi connectivity index (χ1n) is 8.58. The molecular formula is C18H30FN5. The average Bonchev–Trinajstić information content (AvgIpc) is 2.58. The van der Waals surface area contributed by atoms with Crippen molar-refractivity contribution in [2.24, 2.45) is 4.99 Å². The van der Waals surface area contributed by atoms with Crippen molar-refractivity contribution in [3.05, 3.63) is 35.6 Å². The van der Waals surface area contributed by atoms with Crippen LogP contribution in [0.3, 0.4) is 0 Å². The highest BCUT2D eigenvalue weighted by Gasteiger charge is 2.19. The van der Waals surface area contributed by atoms with Crippen LogP contribution in [0.5, 0.6) is 0 Å². The SMILES string of the molecule is CN=C(NCC(C)N1CCN(C)CC1)N(C)Cc1ccc(F)cc1. The molecule has 1 saturated heterocycles. The number of halogens is 1. The van der Waals surface area contributed by atoms with Gasteiger partial charge in [-0.2, -0.15) is 0 Å². The van der Waals surface area contributed by atoms with Crippen molar-refractivity contribution >= 4 is 5.96 Å². The molecule has 1 aliphatic heterocycles. The summed E-state index contributed by atoms with van der Waals surface area (Å²) in [5, 5.41) is 3.46. The lowest BCUT2D eigenvalue weighted by molar-refractivity contribution is 0.119. The molecule has 1 heterocycles. The summed E-state index contributed by atoms with van der Waals surface area (Å²) < 4.78 is 13.0. The number of aliphatic imine (C=N–C) groups is 1. The zero-order valence-electron chi connectivity index (χ0n) is 15.3. The third-order valence-corrected chi connectivity index (χ3v) is 4.62. The Kier molecular flexibility index (Phi) is 6.99. The first-order chi connectivity index (χ1) is 11.5. The van der Waals surface area contributed by atoms with Crippen molar-refractivity contribution in [1.29, 1.82) is 0 Å². The highest BCUT2D eigenvalue weighted by atomic mass is 19.1. The van der Waals surface area contributed by atoms with E-state index in [9.17, 15) is 4.39 Å². The lowest BCUT2D eigenvalue weighted by Gasteiger charge is -2.37. The van der Waals surface area contributed by atoms with Gasteiger partial charge in [-0.1, -0.05) is 12.1 Å². The molecule has 0 aromatic heterocycles. The van der Waals surface area contributed by atoms with Gasteiger partial charge in [0.05, 0.1) is 0 Å². The van der Waals surface area contributed by atoms with E-state index in [4.69, 9.17) is 0 Å². The van der Waals surface area contributed by atoms with Gasteiger partial charge in [0.25, 0.3) is 0 Å². The molecule has 0 saturated carbocycles. The summed E-state index contributed by atoms with van der Waals surface area (Å²) in [4.78, 5) is 11.3. The van der Waals surface area contributed by atoms with Crippen LogP contribution in [-0.4, -0.2) is 80.6 Å². The maximum Gasteiger partial charge on any atom is 0.193 e. The summed E-state index contributed by atoms with van der Waals surface area (Å²) in [6.07, 6.45) is 0. The van der Waals surface area contributed by atoms with Gasteiger partial charge >= 0.3 is 0 Å². The van der Waals surface area contributed by atoms with Crippen LogP contribution >= 0.6 is 0 Å². The van der Waals surface area contributed by atoms with Crippen LogP contribution in [0, 0.1) is 5.82 Å². The monoisotopic (exact) mass is 335 g/mol. The highest BCUT2D eigenvalue weighted by Crippen LogP contribution is 2.07. The molecule has 0 bridgehead atoms. The zero-order valence-corrected chi connectivity index (χ0v) is 15.3. The molecule has 0 aliphatic carbocycles. The molecule has 1 atom stereocenters. The lowest BCUT2D eigenvalue weighted by atomic mass is 10.2. The maximum absolute atomic E-state index is 13.0. The molecular weight excluding hydrogens is 305 g/mol. The number of rotatable bonds is 5. The van der Waals surface area contributed by atoms with Gasteiger partial charge in [-0.3, -0.25) is 9.89 Å². The molecule has 2 rings (SSSR count). The number of hydrogen-bond acceptors (Lipinski definition) is 3. The number of nitrogens with one attached hydrogen (secondary N) is 1. The van der Waals surface area contributed by atoms with Crippen LogP contribution in [0.2, 0.25) is 0 Å². The molecule has 1 unspecified atom stereocenters. The van der Waals surface area contributed by atoms with E-state index in [0.29, 0.717) is 12.6 Å². The van der Waals surface area contributed by atoms with Crippen LogP contribution in [0.15, 0.2) is 29.3 Å². The van der Waals surface area contributed by atoms with Gasteiger partial charge in [0.15, 0.2) is 5.96 Å². The number of benzene rings is 1. The summed E-state index contributed by atoms with van der Waals surface area (Å²) in [5.41, 5.74) is 1.06. The molecule has 0 radical (unpaired) electrons. The van der Waals surface area contributed by atoms with Crippen LogP contribution < -0.4 is 5.32 Å². The maximum atomic E-state index is 13.0. The van der Waals surface area contributed by atoms with E-state index >= 15 is 0 Å². The smallest absolute Gasteiger partial charge is 0.193 e. The Labute approximate surface area is 145 Å². The van der Waals surface area contributed by atoms with E-state index in [1.54, 1.807) is 7.05 Å². The van der Waals surface area contributed by atoms with Gasteiger partial charge in [0.2, 0.25) is 0 Å². The Balaban J connectivity index is 1.81. The molecule has 24 heavy (non-hydrogen) atoms. The molecule has 1 fully saturated rings. The third kappa shape index (κ3) is 5.46. The van der Waals surface area contributed by atoms with Gasteiger partial charge in [-0.15, -0.1) is 0 Å². The van der Waals surface area contributed by atoms with Gasteiger partial charge in [-0.25, -0.2) is 4.39 Å². The second kappa shape index (κ2) is 8.99. The predicted molar refractivity (Wildman–Crippen MR) is 97.8 cm³/mol. The van der Waals surface area contributed by atoms with Gasteiger partial charge in [0, 0.05) is 59.4 Å². The number of guanidine groups is 1. The average molecular weight is 335 g/mol. The Morgan fingerprint density at radius 1 is 1.25 bits per heavy atom. The van der Waals surface area contributed by atoms with Gasteiger partial charge in [-0.05, 0) is 31.7 Å². The minimum Gasteiger partial charge on any atom is -0.355 e. The Morgan fingerprint density at radius 2 is 1.88 bits per heavy atom. The summed E-state index contributed by atoms with van der Waals surface area (Å²) >= 11 is 0. The largest absolute Gasteiger partial charge is 0.355 e. The normalized spacial score (nSPS) is 18.5. The minimum absolute atomic E-state index is 0.204. The fourth-order valence-corrected chi connectivity index (χ4v) is 2.95. The number of nitrogens with zero attached hydrogens (tertiary/aromatic N) is 4. The molecule has 1 aromatic carbocycles. The van der Waals surface area contributed by atoms with Crippen molar-refractivity contribution in [2.45, 2.75) is 19.5 Å². The van der Waals surface area contributed by atoms with Crippen LogP contribution in [0.1, 0.15) is 12.5 Å². The molecule has 0 amide bonds. The van der Waals surface area contributed by atoms with E-state index < -0.39 is 0 Å². The minimum atomic E-state index is -0.204. The van der Waals surface area contributed by atoms with Crippen molar-refractivity contribution in [1.82, 2.24) is 20.0 Å². The third-order valence-electron chi connectivity index (χ3n) is 4.62. The Morgan fingerprint density at radius 3 is 2.46 bits per heavy atom. The van der Waals surface area contributed by atoms with Crippen molar-refractivity contribution < 1.29 is 4.39 Å². The Bertz CT molecular complexity index is 523. The van der Waals surface area contributed by atoms with Crippen LogP contribution in [-0.2, 0) is 6.54 Å². The second-order valence-electron chi connectivity index (χ2n) is 6.60. The van der Waals surface area contributed by atoms with Gasteiger partial charge < -0.3 is 15.1 Å².